The van der Waals surface area contributed by atoms with E-state index in [9.17, 15) is 4.39 Å². The van der Waals surface area contributed by atoms with E-state index in [1.807, 2.05) is 54.6 Å². The Morgan fingerprint density at radius 1 is 0.408 bits per heavy atom. The Morgan fingerprint density at radius 2 is 0.959 bits per heavy atom. The molecule has 0 spiro atoms. The summed E-state index contributed by atoms with van der Waals surface area (Å²) in [6.07, 6.45) is 0. The Hall–Kier alpha value is -6.66. The van der Waals surface area contributed by atoms with E-state index in [0.29, 0.717) is 17.6 Å². The van der Waals surface area contributed by atoms with E-state index in [1.54, 1.807) is 12.1 Å². The molecule has 3 heterocycles. The Balaban J connectivity index is 1.35. The maximum Gasteiger partial charge on any atom is 0.238 e. The van der Waals surface area contributed by atoms with Gasteiger partial charge in [0.25, 0.3) is 0 Å². The van der Waals surface area contributed by atoms with Gasteiger partial charge < -0.3 is 4.57 Å². The van der Waals surface area contributed by atoms with Crippen molar-refractivity contribution in [2.24, 2.45) is 0 Å². The highest BCUT2D eigenvalue weighted by Crippen LogP contribution is 2.41. The van der Waals surface area contributed by atoms with E-state index in [-0.39, 0.29) is 5.82 Å². The largest absolute Gasteiger partial charge is 0.307 e. The van der Waals surface area contributed by atoms with Gasteiger partial charge in [0.2, 0.25) is 5.95 Å². The average molecular weight is 632 g/mol. The number of halogens is 1. The van der Waals surface area contributed by atoms with Gasteiger partial charge in [-0.3, -0.25) is 4.57 Å². The first-order valence-corrected chi connectivity index (χ1v) is 16.2. The van der Waals surface area contributed by atoms with Gasteiger partial charge in [-0.2, -0.15) is 9.97 Å². The smallest absolute Gasteiger partial charge is 0.238 e. The predicted octanol–water partition coefficient (Wildman–Crippen LogP) is 10.7. The summed E-state index contributed by atoms with van der Waals surface area (Å²) in [6, 6.07) is 52.7. The molecule has 0 saturated carbocycles. The number of hydrogen-bond acceptors (Lipinski definition) is 3. The molecule has 0 bridgehead atoms. The Bertz CT molecular complexity index is 2890. The summed E-state index contributed by atoms with van der Waals surface area (Å²) in [5, 5.41) is 6.27. The molecular weight excluding hydrogens is 606 g/mol. The van der Waals surface area contributed by atoms with Crippen molar-refractivity contribution in [3.8, 4) is 34.4 Å². The Kier molecular flexibility index (Phi) is 5.99. The highest BCUT2D eigenvalue weighted by Gasteiger charge is 2.23. The quantitative estimate of drug-likeness (QED) is 0.194. The predicted molar refractivity (Wildman–Crippen MR) is 197 cm³/mol. The molecule has 0 aliphatic heterocycles. The lowest BCUT2D eigenvalue weighted by Crippen LogP contribution is -2.07. The standard InChI is InChI=1S/C43H26FN5/c44-31-22-21-28-25-30(20-19-29(28)26-31)42-45-41(27-11-3-1-4-12-27)46-43(47-42)49-38-18-10-8-16-34(38)36-24-23-35-33-15-7-9-17-37(33)48(39(35)40(36)49)32-13-5-2-6-14-32/h1-26H. The van der Waals surface area contributed by atoms with E-state index in [2.05, 4.69) is 94.1 Å². The van der Waals surface area contributed by atoms with Crippen LogP contribution in [0.4, 0.5) is 4.39 Å². The topological polar surface area (TPSA) is 48.5 Å². The van der Waals surface area contributed by atoms with Crippen molar-refractivity contribution in [2.45, 2.75) is 0 Å². The molecule has 0 radical (unpaired) electrons. The summed E-state index contributed by atoms with van der Waals surface area (Å²) >= 11 is 0. The van der Waals surface area contributed by atoms with Gasteiger partial charge in [-0.25, -0.2) is 9.37 Å². The summed E-state index contributed by atoms with van der Waals surface area (Å²) in [7, 11) is 0. The first kappa shape index (κ1) is 27.5. The number of benzene rings is 7. The van der Waals surface area contributed by atoms with Crippen LogP contribution in [-0.2, 0) is 0 Å². The molecule has 5 nitrogen and oxygen atoms in total. The summed E-state index contributed by atoms with van der Waals surface area (Å²) in [5.41, 5.74) is 7.01. The summed E-state index contributed by atoms with van der Waals surface area (Å²) in [4.78, 5) is 15.4. The molecule has 10 aromatic rings. The van der Waals surface area contributed by atoms with Gasteiger partial charge in [0, 0.05) is 38.4 Å². The normalized spacial score (nSPS) is 11.8. The Labute approximate surface area is 280 Å². The van der Waals surface area contributed by atoms with Crippen LogP contribution >= 0.6 is 0 Å². The first-order chi connectivity index (χ1) is 24.2. The molecule has 0 saturated heterocycles. The molecule has 6 heteroatoms. The van der Waals surface area contributed by atoms with Crippen molar-refractivity contribution >= 4 is 54.4 Å². The molecule has 10 rings (SSSR count). The van der Waals surface area contributed by atoms with Gasteiger partial charge in [-0.1, -0.05) is 115 Å². The zero-order chi connectivity index (χ0) is 32.5. The van der Waals surface area contributed by atoms with Gasteiger partial charge in [0.1, 0.15) is 5.82 Å². The fourth-order valence-electron chi connectivity index (χ4n) is 7.22. The maximum absolute atomic E-state index is 14.0. The molecule has 0 N–H and O–H groups in total. The number of rotatable bonds is 4. The molecule has 3 aromatic heterocycles. The van der Waals surface area contributed by atoms with Gasteiger partial charge in [0.15, 0.2) is 11.6 Å². The van der Waals surface area contributed by atoms with Crippen LogP contribution in [0.3, 0.4) is 0 Å². The van der Waals surface area contributed by atoms with Crippen LogP contribution < -0.4 is 0 Å². The van der Waals surface area contributed by atoms with Gasteiger partial charge in [-0.15, -0.1) is 0 Å². The Morgan fingerprint density at radius 3 is 1.67 bits per heavy atom. The second-order valence-corrected chi connectivity index (χ2v) is 12.3. The lowest BCUT2D eigenvalue weighted by atomic mass is 10.1. The average Bonchev–Trinajstić information content (AvgIpc) is 3.68. The van der Waals surface area contributed by atoms with Crippen LogP contribution in [0.5, 0.6) is 0 Å². The van der Waals surface area contributed by atoms with Crippen LogP contribution in [0.1, 0.15) is 0 Å². The van der Waals surface area contributed by atoms with Crippen LogP contribution in [0.2, 0.25) is 0 Å². The van der Waals surface area contributed by atoms with Crippen molar-refractivity contribution < 1.29 is 4.39 Å². The van der Waals surface area contributed by atoms with Gasteiger partial charge >= 0.3 is 0 Å². The molecule has 0 aliphatic rings. The second-order valence-electron chi connectivity index (χ2n) is 12.3. The van der Waals surface area contributed by atoms with E-state index in [4.69, 9.17) is 15.0 Å². The lowest BCUT2D eigenvalue weighted by molar-refractivity contribution is 0.630. The molecular formula is C43H26FN5. The molecule has 0 aliphatic carbocycles. The summed E-state index contributed by atoms with van der Waals surface area (Å²) in [6.45, 7) is 0. The third kappa shape index (κ3) is 4.27. The monoisotopic (exact) mass is 631 g/mol. The molecule has 230 valence electrons. The second kappa shape index (κ2) is 10.7. The van der Waals surface area contributed by atoms with E-state index >= 15 is 0 Å². The SMILES string of the molecule is Fc1ccc2cc(-c3nc(-c4ccccc4)nc(-n4c5ccccc5c5ccc6c7ccccc7n(-c7ccccc7)c6c54)n3)ccc2c1. The highest BCUT2D eigenvalue weighted by atomic mass is 19.1. The number of para-hydroxylation sites is 3. The van der Waals surface area contributed by atoms with Crippen LogP contribution in [0.15, 0.2) is 158 Å². The number of hydrogen-bond donors (Lipinski definition) is 0. The fraction of sp³-hybridized carbons (Fsp3) is 0. The molecule has 49 heavy (non-hydrogen) atoms. The minimum Gasteiger partial charge on any atom is -0.307 e. The van der Waals surface area contributed by atoms with Crippen molar-refractivity contribution in [3.63, 3.8) is 0 Å². The van der Waals surface area contributed by atoms with Crippen LogP contribution in [0, 0.1) is 5.82 Å². The summed E-state index contributed by atoms with van der Waals surface area (Å²) < 4.78 is 18.6. The minimum atomic E-state index is -0.264. The van der Waals surface area contributed by atoms with Crippen LogP contribution in [-0.4, -0.2) is 24.1 Å². The maximum atomic E-state index is 14.0. The number of fused-ring (bicyclic) bond motifs is 8. The van der Waals surface area contributed by atoms with E-state index in [0.717, 1.165) is 65.8 Å². The fourth-order valence-corrected chi connectivity index (χ4v) is 7.22. The third-order valence-electron chi connectivity index (χ3n) is 9.40. The highest BCUT2D eigenvalue weighted by molar-refractivity contribution is 6.23. The first-order valence-electron chi connectivity index (χ1n) is 16.2. The zero-order valence-electron chi connectivity index (χ0n) is 26.1. The van der Waals surface area contributed by atoms with Crippen LogP contribution in [0.25, 0.3) is 88.8 Å². The zero-order valence-corrected chi connectivity index (χ0v) is 26.1. The van der Waals surface area contributed by atoms with Gasteiger partial charge in [0.05, 0.1) is 22.1 Å². The van der Waals surface area contributed by atoms with E-state index in [1.165, 1.54) is 11.5 Å². The molecule has 7 aromatic carbocycles. The molecule has 0 fully saturated rings. The summed E-state index contributed by atoms with van der Waals surface area (Å²) in [5.74, 6) is 1.37. The van der Waals surface area contributed by atoms with Crippen molar-refractivity contribution in [1.82, 2.24) is 24.1 Å². The van der Waals surface area contributed by atoms with Gasteiger partial charge in [-0.05, 0) is 53.2 Å². The third-order valence-corrected chi connectivity index (χ3v) is 9.40. The van der Waals surface area contributed by atoms with Crippen molar-refractivity contribution in [1.29, 1.82) is 0 Å². The van der Waals surface area contributed by atoms with Crippen molar-refractivity contribution in [2.75, 3.05) is 0 Å². The number of nitrogens with zero attached hydrogens (tertiary/aromatic N) is 5. The minimum absolute atomic E-state index is 0.264. The lowest BCUT2D eigenvalue weighted by Gasteiger charge is -2.13. The molecule has 0 unspecified atom stereocenters. The molecule has 0 atom stereocenters. The van der Waals surface area contributed by atoms with Crippen molar-refractivity contribution in [3.05, 3.63) is 164 Å². The van der Waals surface area contributed by atoms with E-state index < -0.39 is 0 Å². The molecule has 0 amide bonds. The number of aromatic nitrogens is 5.